The van der Waals surface area contributed by atoms with E-state index in [2.05, 4.69) is 54.5 Å². The summed E-state index contributed by atoms with van der Waals surface area (Å²) in [7, 11) is 0. The van der Waals surface area contributed by atoms with Crippen LogP contribution in [0.15, 0.2) is 48.8 Å². The first-order chi connectivity index (χ1) is 9.57. The van der Waals surface area contributed by atoms with Gasteiger partial charge in [0.15, 0.2) is 0 Å². The first-order valence-corrected chi connectivity index (χ1v) is 7.32. The zero-order chi connectivity index (χ0) is 14.4. The van der Waals surface area contributed by atoms with Crippen LogP contribution in [0.2, 0.25) is 5.02 Å². The van der Waals surface area contributed by atoms with Gasteiger partial charge in [0.2, 0.25) is 0 Å². The lowest BCUT2D eigenvalue weighted by Crippen LogP contribution is -2.39. The summed E-state index contributed by atoms with van der Waals surface area (Å²) >= 11 is 6.12. The van der Waals surface area contributed by atoms with Crippen molar-refractivity contribution in [1.29, 1.82) is 0 Å². The molecule has 0 bridgehead atoms. The van der Waals surface area contributed by atoms with Crippen LogP contribution < -0.4 is 5.32 Å². The van der Waals surface area contributed by atoms with E-state index in [1.165, 1.54) is 5.56 Å². The third-order valence-electron chi connectivity index (χ3n) is 3.50. The summed E-state index contributed by atoms with van der Waals surface area (Å²) in [6, 6.07) is 12.5. The molecule has 0 atom stereocenters. The second-order valence-electron chi connectivity index (χ2n) is 5.69. The zero-order valence-corrected chi connectivity index (χ0v) is 12.8. The summed E-state index contributed by atoms with van der Waals surface area (Å²) in [6.07, 6.45) is 5.63. The fourth-order valence-corrected chi connectivity index (χ4v) is 2.26. The van der Waals surface area contributed by atoms with Gasteiger partial charge in [-0.3, -0.25) is 4.98 Å². The molecule has 0 radical (unpaired) electrons. The first kappa shape index (κ1) is 15.0. The van der Waals surface area contributed by atoms with Crippen molar-refractivity contribution in [1.82, 2.24) is 10.3 Å². The lowest BCUT2D eigenvalue weighted by molar-refractivity contribution is 0.360. The Balaban J connectivity index is 1.86. The normalized spacial score (nSPS) is 11.6. The zero-order valence-electron chi connectivity index (χ0n) is 12.1. The maximum atomic E-state index is 6.12. The molecule has 2 aromatic rings. The maximum absolute atomic E-state index is 6.12. The molecule has 1 N–H and O–H groups in total. The Labute approximate surface area is 126 Å². The van der Waals surface area contributed by atoms with Crippen molar-refractivity contribution in [2.24, 2.45) is 0 Å². The Morgan fingerprint density at radius 3 is 2.60 bits per heavy atom. The molecule has 3 heteroatoms. The van der Waals surface area contributed by atoms with Crippen molar-refractivity contribution in [2.45, 2.75) is 38.8 Å². The van der Waals surface area contributed by atoms with Crippen LogP contribution in [-0.4, -0.2) is 10.5 Å². The minimum Gasteiger partial charge on any atom is -0.308 e. The van der Waals surface area contributed by atoms with Gasteiger partial charge < -0.3 is 5.32 Å². The summed E-state index contributed by atoms with van der Waals surface area (Å²) in [5.41, 5.74) is 2.54. The van der Waals surface area contributed by atoms with Crippen LogP contribution in [0.25, 0.3) is 0 Å². The van der Waals surface area contributed by atoms with E-state index in [1.54, 1.807) is 12.4 Å². The highest BCUT2D eigenvalue weighted by molar-refractivity contribution is 6.31. The Hall–Kier alpha value is -1.38. The average molecular weight is 289 g/mol. The van der Waals surface area contributed by atoms with E-state index in [0.29, 0.717) is 0 Å². The second-order valence-corrected chi connectivity index (χ2v) is 6.10. The number of rotatable bonds is 6. The third kappa shape index (κ3) is 4.62. The third-order valence-corrected chi connectivity index (χ3v) is 3.84. The van der Waals surface area contributed by atoms with Crippen LogP contribution in [0.4, 0.5) is 0 Å². The monoisotopic (exact) mass is 288 g/mol. The van der Waals surface area contributed by atoms with Gasteiger partial charge in [-0.2, -0.15) is 0 Å². The molecule has 0 saturated carbocycles. The molecule has 2 rings (SSSR count). The summed E-state index contributed by atoms with van der Waals surface area (Å²) in [5.74, 6) is 0. The van der Waals surface area contributed by atoms with E-state index >= 15 is 0 Å². The Morgan fingerprint density at radius 2 is 1.90 bits per heavy atom. The topological polar surface area (TPSA) is 24.9 Å². The number of halogens is 1. The molecule has 0 spiro atoms. The fraction of sp³-hybridized carbons (Fsp3) is 0.353. The van der Waals surface area contributed by atoms with Crippen LogP contribution in [0.3, 0.4) is 0 Å². The number of nitrogens with one attached hydrogen (secondary N) is 1. The number of hydrogen-bond donors (Lipinski definition) is 1. The van der Waals surface area contributed by atoms with Gasteiger partial charge in [-0.05, 0) is 43.9 Å². The van der Waals surface area contributed by atoms with Gasteiger partial charge in [-0.15, -0.1) is 0 Å². The SMILES string of the molecule is CC(C)(CCc1ccccc1)NCc1ccncc1Cl. The van der Waals surface area contributed by atoms with E-state index in [1.807, 2.05) is 6.07 Å². The van der Waals surface area contributed by atoms with E-state index in [-0.39, 0.29) is 5.54 Å². The minimum atomic E-state index is 0.0719. The van der Waals surface area contributed by atoms with Gasteiger partial charge >= 0.3 is 0 Å². The number of pyridine rings is 1. The molecular weight excluding hydrogens is 268 g/mol. The average Bonchev–Trinajstić information content (AvgIpc) is 2.46. The van der Waals surface area contributed by atoms with E-state index in [4.69, 9.17) is 11.6 Å². The number of aryl methyl sites for hydroxylation is 1. The molecule has 0 aliphatic carbocycles. The van der Waals surface area contributed by atoms with Crippen LogP contribution in [0.1, 0.15) is 31.4 Å². The maximum Gasteiger partial charge on any atom is 0.0634 e. The molecule has 1 heterocycles. The van der Waals surface area contributed by atoms with Gasteiger partial charge in [-0.1, -0.05) is 41.9 Å². The van der Waals surface area contributed by atoms with Crippen LogP contribution in [0, 0.1) is 0 Å². The Morgan fingerprint density at radius 1 is 1.15 bits per heavy atom. The molecular formula is C17H21ClN2. The molecule has 0 unspecified atom stereocenters. The smallest absolute Gasteiger partial charge is 0.0634 e. The lowest BCUT2D eigenvalue weighted by Gasteiger charge is -2.27. The number of benzene rings is 1. The number of aromatic nitrogens is 1. The summed E-state index contributed by atoms with van der Waals surface area (Å²) in [5, 5.41) is 4.30. The molecule has 20 heavy (non-hydrogen) atoms. The fourth-order valence-electron chi connectivity index (χ4n) is 2.07. The lowest BCUT2D eigenvalue weighted by atomic mass is 9.95. The summed E-state index contributed by atoms with van der Waals surface area (Å²) < 4.78 is 0. The standard InChI is InChI=1S/C17H21ClN2/c1-17(2,10-8-14-6-4-3-5-7-14)20-12-15-9-11-19-13-16(15)18/h3-7,9,11,13,20H,8,10,12H2,1-2H3. The van der Waals surface area contributed by atoms with E-state index in [9.17, 15) is 0 Å². The molecule has 1 aromatic heterocycles. The van der Waals surface area contributed by atoms with Crippen molar-refractivity contribution in [3.05, 3.63) is 64.9 Å². The highest BCUT2D eigenvalue weighted by Crippen LogP contribution is 2.17. The van der Waals surface area contributed by atoms with Gasteiger partial charge in [0.25, 0.3) is 0 Å². The van der Waals surface area contributed by atoms with Crippen molar-refractivity contribution in [3.8, 4) is 0 Å². The van der Waals surface area contributed by atoms with Gasteiger partial charge in [0, 0.05) is 24.5 Å². The van der Waals surface area contributed by atoms with Crippen molar-refractivity contribution >= 4 is 11.6 Å². The van der Waals surface area contributed by atoms with E-state index < -0.39 is 0 Å². The van der Waals surface area contributed by atoms with Gasteiger partial charge in [-0.25, -0.2) is 0 Å². The first-order valence-electron chi connectivity index (χ1n) is 6.94. The van der Waals surface area contributed by atoms with Gasteiger partial charge in [0.05, 0.1) is 5.02 Å². The molecule has 0 aliphatic heterocycles. The molecule has 0 amide bonds. The molecule has 0 fully saturated rings. The Bertz CT molecular complexity index is 538. The molecule has 1 aromatic carbocycles. The van der Waals surface area contributed by atoms with Crippen molar-refractivity contribution in [2.75, 3.05) is 0 Å². The van der Waals surface area contributed by atoms with Crippen molar-refractivity contribution < 1.29 is 0 Å². The van der Waals surface area contributed by atoms with Crippen molar-refractivity contribution in [3.63, 3.8) is 0 Å². The minimum absolute atomic E-state index is 0.0719. The molecule has 0 saturated heterocycles. The number of hydrogen-bond acceptors (Lipinski definition) is 2. The highest BCUT2D eigenvalue weighted by Gasteiger charge is 2.17. The Kier molecular flexibility index (Phi) is 5.16. The van der Waals surface area contributed by atoms with Crippen LogP contribution in [0.5, 0.6) is 0 Å². The summed E-state index contributed by atoms with van der Waals surface area (Å²) in [4.78, 5) is 4.01. The summed E-state index contributed by atoms with van der Waals surface area (Å²) in [6.45, 7) is 5.22. The highest BCUT2D eigenvalue weighted by atomic mass is 35.5. The van der Waals surface area contributed by atoms with Gasteiger partial charge in [0.1, 0.15) is 0 Å². The van der Waals surface area contributed by atoms with Crippen LogP contribution >= 0.6 is 11.6 Å². The predicted octanol–water partition coefficient (Wildman–Crippen LogP) is 4.24. The molecule has 0 aliphatic rings. The molecule has 2 nitrogen and oxygen atoms in total. The van der Waals surface area contributed by atoms with Crippen LogP contribution in [-0.2, 0) is 13.0 Å². The largest absolute Gasteiger partial charge is 0.308 e. The second kappa shape index (κ2) is 6.87. The van der Waals surface area contributed by atoms with E-state index in [0.717, 1.165) is 30.0 Å². The molecule has 106 valence electrons. The quantitative estimate of drug-likeness (QED) is 0.860. The predicted molar refractivity (Wildman–Crippen MR) is 84.9 cm³/mol. The number of nitrogens with zero attached hydrogens (tertiary/aromatic N) is 1.